The number of ether oxygens (including phenoxy) is 1. The number of amides is 1. The number of rotatable bonds is 4. The molecular weight excluding hydrogens is 297 g/mol. The summed E-state index contributed by atoms with van der Waals surface area (Å²) in [4.78, 5) is 11.8. The van der Waals surface area contributed by atoms with E-state index in [0.717, 1.165) is 5.56 Å². The molecule has 0 spiro atoms. The van der Waals surface area contributed by atoms with Crippen LogP contribution in [0, 0.1) is 6.92 Å². The number of hydrogen-bond donors (Lipinski definition) is 1. The van der Waals surface area contributed by atoms with Crippen molar-refractivity contribution in [3.63, 3.8) is 0 Å². The zero-order chi connectivity index (χ0) is 14.5. The highest BCUT2D eigenvalue weighted by Crippen LogP contribution is 2.21. The van der Waals surface area contributed by atoms with Crippen LogP contribution in [0.25, 0.3) is 0 Å². The van der Waals surface area contributed by atoms with Crippen LogP contribution in [0.15, 0.2) is 42.5 Å². The molecule has 0 atom stereocenters. The summed E-state index contributed by atoms with van der Waals surface area (Å²) >= 11 is 11.6. The second-order valence-corrected chi connectivity index (χ2v) is 5.13. The third-order valence-electron chi connectivity index (χ3n) is 2.62. The van der Waals surface area contributed by atoms with Crippen molar-refractivity contribution in [3.8, 4) is 5.75 Å². The Kier molecular flexibility index (Phi) is 4.88. The van der Waals surface area contributed by atoms with E-state index in [2.05, 4.69) is 5.32 Å². The van der Waals surface area contributed by atoms with Crippen LogP contribution in [0.1, 0.15) is 5.56 Å². The smallest absolute Gasteiger partial charge is 0.262 e. The number of nitrogens with one attached hydrogen (secondary N) is 1. The van der Waals surface area contributed by atoms with Crippen molar-refractivity contribution in [3.05, 3.63) is 58.1 Å². The molecule has 0 heterocycles. The zero-order valence-electron chi connectivity index (χ0n) is 10.8. The number of carbonyl (C=O) groups is 1. The van der Waals surface area contributed by atoms with Crippen LogP contribution in [0.4, 0.5) is 5.69 Å². The van der Waals surface area contributed by atoms with E-state index < -0.39 is 0 Å². The van der Waals surface area contributed by atoms with E-state index in [4.69, 9.17) is 27.9 Å². The standard InChI is InChI=1S/C15H13Cl2NO2/c1-10-8-12(17)4-7-14(10)20-9-15(19)18-13-5-2-11(16)3-6-13/h2-8H,9H2,1H3,(H,18,19). The summed E-state index contributed by atoms with van der Waals surface area (Å²) in [5.41, 5.74) is 1.56. The minimum Gasteiger partial charge on any atom is -0.483 e. The van der Waals surface area contributed by atoms with Gasteiger partial charge in [-0.05, 0) is 55.0 Å². The van der Waals surface area contributed by atoms with E-state index >= 15 is 0 Å². The van der Waals surface area contributed by atoms with E-state index in [-0.39, 0.29) is 12.5 Å². The largest absolute Gasteiger partial charge is 0.483 e. The SMILES string of the molecule is Cc1cc(Cl)ccc1OCC(=O)Nc1ccc(Cl)cc1. The first-order valence-corrected chi connectivity index (χ1v) is 6.74. The fraction of sp³-hybridized carbons (Fsp3) is 0.133. The summed E-state index contributed by atoms with van der Waals surface area (Å²) in [5.74, 6) is 0.405. The molecule has 2 aromatic rings. The van der Waals surface area contributed by atoms with E-state index in [1.807, 2.05) is 6.92 Å². The van der Waals surface area contributed by atoms with Crippen LogP contribution in [0.2, 0.25) is 10.0 Å². The van der Waals surface area contributed by atoms with Gasteiger partial charge in [0.25, 0.3) is 5.91 Å². The molecule has 0 bridgehead atoms. The molecule has 1 amide bonds. The Bertz CT molecular complexity index is 612. The molecule has 0 radical (unpaired) electrons. The second kappa shape index (κ2) is 6.64. The zero-order valence-corrected chi connectivity index (χ0v) is 12.3. The van der Waals surface area contributed by atoms with E-state index in [0.29, 0.717) is 21.5 Å². The molecular formula is C15H13Cl2NO2. The molecule has 0 aliphatic heterocycles. The Morgan fingerprint density at radius 3 is 2.40 bits per heavy atom. The average Bonchev–Trinajstić information content (AvgIpc) is 2.40. The predicted molar refractivity (Wildman–Crippen MR) is 81.8 cm³/mol. The van der Waals surface area contributed by atoms with Crippen LogP contribution in [-0.4, -0.2) is 12.5 Å². The van der Waals surface area contributed by atoms with Crippen LogP contribution in [-0.2, 0) is 4.79 Å². The van der Waals surface area contributed by atoms with E-state index in [9.17, 15) is 4.79 Å². The van der Waals surface area contributed by atoms with Crippen molar-refractivity contribution in [2.75, 3.05) is 11.9 Å². The van der Waals surface area contributed by atoms with Crippen molar-refractivity contribution in [2.45, 2.75) is 6.92 Å². The quantitative estimate of drug-likeness (QED) is 0.913. The lowest BCUT2D eigenvalue weighted by atomic mass is 10.2. The molecule has 0 unspecified atom stereocenters. The normalized spacial score (nSPS) is 10.2. The van der Waals surface area contributed by atoms with Crippen molar-refractivity contribution in [1.29, 1.82) is 0 Å². The lowest BCUT2D eigenvalue weighted by Gasteiger charge is -2.09. The summed E-state index contributed by atoms with van der Waals surface area (Å²) < 4.78 is 5.45. The summed E-state index contributed by atoms with van der Waals surface area (Å²) in [7, 11) is 0. The van der Waals surface area contributed by atoms with Crippen molar-refractivity contribution in [1.82, 2.24) is 0 Å². The first kappa shape index (κ1) is 14.7. The lowest BCUT2D eigenvalue weighted by molar-refractivity contribution is -0.118. The Hall–Kier alpha value is -1.71. The molecule has 3 nitrogen and oxygen atoms in total. The third-order valence-corrected chi connectivity index (χ3v) is 3.11. The van der Waals surface area contributed by atoms with Gasteiger partial charge in [0.15, 0.2) is 6.61 Å². The minimum atomic E-state index is -0.235. The van der Waals surface area contributed by atoms with Gasteiger partial charge in [0.2, 0.25) is 0 Å². The molecule has 0 saturated heterocycles. The van der Waals surface area contributed by atoms with Crippen LogP contribution < -0.4 is 10.1 Å². The molecule has 104 valence electrons. The van der Waals surface area contributed by atoms with Gasteiger partial charge < -0.3 is 10.1 Å². The van der Waals surface area contributed by atoms with Crippen molar-refractivity contribution >= 4 is 34.8 Å². The molecule has 0 aliphatic rings. The maximum atomic E-state index is 11.8. The Balaban J connectivity index is 1.90. The molecule has 0 aliphatic carbocycles. The molecule has 0 aromatic heterocycles. The van der Waals surface area contributed by atoms with Crippen molar-refractivity contribution < 1.29 is 9.53 Å². The molecule has 5 heteroatoms. The van der Waals surface area contributed by atoms with Gasteiger partial charge in [-0.1, -0.05) is 23.2 Å². The molecule has 0 fully saturated rings. The monoisotopic (exact) mass is 309 g/mol. The minimum absolute atomic E-state index is 0.0644. The fourth-order valence-electron chi connectivity index (χ4n) is 1.65. The van der Waals surface area contributed by atoms with Crippen LogP contribution >= 0.6 is 23.2 Å². The van der Waals surface area contributed by atoms with Gasteiger partial charge >= 0.3 is 0 Å². The topological polar surface area (TPSA) is 38.3 Å². The van der Waals surface area contributed by atoms with Gasteiger partial charge in [-0.25, -0.2) is 0 Å². The number of hydrogen-bond acceptors (Lipinski definition) is 2. The third kappa shape index (κ3) is 4.15. The summed E-state index contributed by atoms with van der Waals surface area (Å²) in [6.45, 7) is 1.81. The Morgan fingerprint density at radius 2 is 1.75 bits per heavy atom. The highest BCUT2D eigenvalue weighted by molar-refractivity contribution is 6.31. The van der Waals surface area contributed by atoms with E-state index in [1.165, 1.54) is 0 Å². The number of benzene rings is 2. The van der Waals surface area contributed by atoms with E-state index in [1.54, 1.807) is 42.5 Å². The highest BCUT2D eigenvalue weighted by Gasteiger charge is 2.06. The Morgan fingerprint density at radius 1 is 1.10 bits per heavy atom. The van der Waals surface area contributed by atoms with Crippen LogP contribution in [0.3, 0.4) is 0 Å². The average molecular weight is 310 g/mol. The Labute approximate surface area is 127 Å². The first-order chi connectivity index (χ1) is 9.54. The van der Waals surface area contributed by atoms with Gasteiger partial charge in [-0.15, -0.1) is 0 Å². The van der Waals surface area contributed by atoms with Gasteiger partial charge in [-0.3, -0.25) is 4.79 Å². The lowest BCUT2D eigenvalue weighted by Crippen LogP contribution is -2.20. The molecule has 1 N–H and O–H groups in total. The fourth-order valence-corrected chi connectivity index (χ4v) is 2.00. The van der Waals surface area contributed by atoms with Gasteiger partial charge in [0, 0.05) is 15.7 Å². The maximum absolute atomic E-state index is 11.8. The molecule has 0 saturated carbocycles. The molecule has 2 rings (SSSR count). The number of anilines is 1. The van der Waals surface area contributed by atoms with Crippen LogP contribution in [0.5, 0.6) is 5.75 Å². The summed E-state index contributed by atoms with van der Waals surface area (Å²) in [6.07, 6.45) is 0. The molecule has 20 heavy (non-hydrogen) atoms. The highest BCUT2D eigenvalue weighted by atomic mass is 35.5. The number of halogens is 2. The first-order valence-electron chi connectivity index (χ1n) is 5.99. The van der Waals surface area contributed by atoms with Gasteiger partial charge in [0.1, 0.15) is 5.75 Å². The summed E-state index contributed by atoms with van der Waals surface area (Å²) in [5, 5.41) is 3.98. The number of carbonyl (C=O) groups excluding carboxylic acids is 1. The summed E-state index contributed by atoms with van der Waals surface area (Å²) in [6, 6.07) is 12.1. The number of aryl methyl sites for hydroxylation is 1. The van der Waals surface area contributed by atoms with Gasteiger partial charge in [-0.2, -0.15) is 0 Å². The van der Waals surface area contributed by atoms with Gasteiger partial charge in [0.05, 0.1) is 0 Å². The maximum Gasteiger partial charge on any atom is 0.262 e. The second-order valence-electron chi connectivity index (χ2n) is 4.25. The molecule has 2 aromatic carbocycles. The predicted octanol–water partition coefficient (Wildman–Crippen LogP) is 4.32. The van der Waals surface area contributed by atoms with Crippen molar-refractivity contribution in [2.24, 2.45) is 0 Å².